The Balaban J connectivity index is 2.43. The third-order valence-electron chi connectivity index (χ3n) is 3.47. The van der Waals surface area contributed by atoms with Gasteiger partial charge in [-0.05, 0) is 59.0 Å². The summed E-state index contributed by atoms with van der Waals surface area (Å²) in [5, 5.41) is 10.9. The molecule has 1 heterocycles. The van der Waals surface area contributed by atoms with Crippen LogP contribution in [0.15, 0.2) is 24.4 Å². The van der Waals surface area contributed by atoms with Crippen LogP contribution >= 0.6 is 0 Å². The van der Waals surface area contributed by atoms with E-state index < -0.39 is 5.41 Å². The number of carbonyl (C=O) groups is 1. The Kier molecular flexibility index (Phi) is 4.47. The predicted octanol–water partition coefficient (Wildman–Crippen LogP) is 2.45. The summed E-state index contributed by atoms with van der Waals surface area (Å²) in [5.41, 5.74) is 1.08. The second kappa shape index (κ2) is 6.01. The Labute approximate surface area is 131 Å². The first-order chi connectivity index (χ1) is 10.2. The monoisotopic (exact) mass is 304 g/mol. The number of phenols is 1. The van der Waals surface area contributed by atoms with Gasteiger partial charge >= 0.3 is 5.97 Å². The van der Waals surface area contributed by atoms with Gasteiger partial charge in [0.25, 0.3) is 0 Å². The quantitative estimate of drug-likeness (QED) is 0.942. The van der Waals surface area contributed by atoms with Gasteiger partial charge in [-0.2, -0.15) is 4.73 Å². The molecule has 0 amide bonds. The average molecular weight is 304 g/mol. The highest BCUT2D eigenvalue weighted by Gasteiger charge is 2.25. The zero-order chi connectivity index (χ0) is 16.5. The molecule has 0 aliphatic heterocycles. The molecule has 0 bridgehead atoms. The average Bonchev–Trinajstić information content (AvgIpc) is 2.75. The standard InChI is InChI=1S/C17H24N2O3/c1-17(2,3)16(21)22-19-11-12(9-10-18(4)5)15-13(19)7-6-8-14(15)20/h6-8,11,20H,9-10H2,1-5H3. The fourth-order valence-electron chi connectivity index (χ4n) is 2.15. The summed E-state index contributed by atoms with van der Waals surface area (Å²) in [4.78, 5) is 19.7. The van der Waals surface area contributed by atoms with Crippen molar-refractivity contribution in [1.82, 2.24) is 9.63 Å². The van der Waals surface area contributed by atoms with Gasteiger partial charge < -0.3 is 14.8 Å². The van der Waals surface area contributed by atoms with Gasteiger partial charge in [-0.3, -0.25) is 0 Å². The van der Waals surface area contributed by atoms with Crippen LogP contribution in [0.3, 0.4) is 0 Å². The van der Waals surface area contributed by atoms with Crippen LogP contribution in [0.25, 0.3) is 10.9 Å². The molecule has 2 rings (SSSR count). The van der Waals surface area contributed by atoms with Gasteiger partial charge in [-0.1, -0.05) is 6.07 Å². The summed E-state index contributed by atoms with van der Waals surface area (Å²) in [7, 11) is 4.00. The van der Waals surface area contributed by atoms with E-state index in [9.17, 15) is 9.90 Å². The first-order valence-electron chi connectivity index (χ1n) is 7.39. The molecule has 0 spiro atoms. The maximum Gasteiger partial charge on any atom is 0.338 e. The summed E-state index contributed by atoms with van der Waals surface area (Å²) >= 11 is 0. The minimum absolute atomic E-state index is 0.205. The van der Waals surface area contributed by atoms with Crippen molar-refractivity contribution >= 4 is 16.9 Å². The molecule has 120 valence electrons. The zero-order valence-corrected chi connectivity index (χ0v) is 13.9. The second-order valence-corrected chi connectivity index (χ2v) is 6.83. The lowest BCUT2D eigenvalue weighted by Gasteiger charge is -2.16. The molecule has 2 aromatic rings. The molecule has 1 aromatic carbocycles. The number of aromatic nitrogens is 1. The first-order valence-corrected chi connectivity index (χ1v) is 7.39. The molecule has 0 fully saturated rings. The minimum atomic E-state index is -0.586. The molecular weight excluding hydrogens is 280 g/mol. The first kappa shape index (κ1) is 16.4. The number of nitrogens with zero attached hydrogens (tertiary/aromatic N) is 2. The van der Waals surface area contributed by atoms with E-state index >= 15 is 0 Å². The molecule has 1 N–H and O–H groups in total. The number of phenolic OH excluding ortho intramolecular Hbond substituents is 1. The summed E-state index contributed by atoms with van der Waals surface area (Å²) in [5.74, 6) is -0.108. The number of hydrogen-bond donors (Lipinski definition) is 1. The van der Waals surface area contributed by atoms with Gasteiger partial charge in [0.15, 0.2) is 0 Å². The Morgan fingerprint density at radius 1 is 1.32 bits per heavy atom. The Morgan fingerprint density at radius 2 is 2.00 bits per heavy atom. The van der Waals surface area contributed by atoms with E-state index in [0.717, 1.165) is 23.9 Å². The van der Waals surface area contributed by atoms with Crippen LogP contribution in [-0.2, 0) is 11.2 Å². The van der Waals surface area contributed by atoms with Crippen LogP contribution in [-0.4, -0.2) is 41.3 Å². The highest BCUT2D eigenvalue weighted by atomic mass is 16.7. The molecular formula is C17H24N2O3. The topological polar surface area (TPSA) is 54.7 Å². The number of aromatic hydroxyl groups is 1. The molecule has 22 heavy (non-hydrogen) atoms. The van der Waals surface area contributed by atoms with Crippen molar-refractivity contribution in [2.45, 2.75) is 27.2 Å². The molecule has 0 saturated heterocycles. The Bertz CT molecular complexity index is 681. The van der Waals surface area contributed by atoms with Crippen LogP contribution < -0.4 is 4.84 Å². The Hall–Kier alpha value is -2.01. The van der Waals surface area contributed by atoms with Gasteiger partial charge in [0.2, 0.25) is 0 Å². The smallest absolute Gasteiger partial charge is 0.338 e. The molecule has 1 aromatic heterocycles. The van der Waals surface area contributed by atoms with E-state index in [-0.39, 0.29) is 11.7 Å². The van der Waals surface area contributed by atoms with Crippen molar-refractivity contribution in [1.29, 1.82) is 0 Å². The molecule has 0 unspecified atom stereocenters. The maximum atomic E-state index is 12.1. The minimum Gasteiger partial charge on any atom is -0.507 e. The van der Waals surface area contributed by atoms with Gasteiger partial charge in [0.1, 0.15) is 5.75 Å². The van der Waals surface area contributed by atoms with Gasteiger partial charge in [-0.15, -0.1) is 0 Å². The fourth-order valence-corrected chi connectivity index (χ4v) is 2.15. The number of rotatable bonds is 4. The van der Waals surface area contributed by atoms with E-state index in [2.05, 4.69) is 4.90 Å². The Morgan fingerprint density at radius 3 is 2.59 bits per heavy atom. The lowest BCUT2D eigenvalue weighted by molar-refractivity contribution is -0.152. The van der Waals surface area contributed by atoms with E-state index in [1.165, 1.54) is 4.73 Å². The summed E-state index contributed by atoms with van der Waals surface area (Å²) in [6.07, 6.45) is 2.55. The number of hydrogen-bond acceptors (Lipinski definition) is 4. The molecule has 0 aliphatic carbocycles. The van der Waals surface area contributed by atoms with Crippen molar-refractivity contribution in [2.75, 3.05) is 20.6 Å². The van der Waals surface area contributed by atoms with Crippen LogP contribution in [0.1, 0.15) is 26.3 Å². The van der Waals surface area contributed by atoms with Crippen molar-refractivity contribution in [3.05, 3.63) is 30.0 Å². The normalized spacial score (nSPS) is 12.1. The van der Waals surface area contributed by atoms with E-state index in [1.807, 2.05) is 40.9 Å². The van der Waals surface area contributed by atoms with Crippen LogP contribution in [0.5, 0.6) is 5.75 Å². The van der Waals surface area contributed by atoms with E-state index in [4.69, 9.17) is 4.84 Å². The second-order valence-electron chi connectivity index (χ2n) is 6.83. The third-order valence-corrected chi connectivity index (χ3v) is 3.47. The summed E-state index contributed by atoms with van der Waals surface area (Å²) in [6, 6.07) is 5.23. The van der Waals surface area contributed by atoms with Crippen molar-refractivity contribution in [2.24, 2.45) is 5.41 Å². The summed E-state index contributed by atoms with van der Waals surface area (Å²) < 4.78 is 1.47. The third kappa shape index (κ3) is 3.42. The zero-order valence-electron chi connectivity index (χ0n) is 13.9. The van der Waals surface area contributed by atoms with Crippen molar-refractivity contribution in [3.63, 3.8) is 0 Å². The number of fused-ring (bicyclic) bond motifs is 1. The molecule has 0 aliphatic rings. The number of carbonyl (C=O) groups excluding carboxylic acids is 1. The van der Waals surface area contributed by atoms with Gasteiger partial charge in [0, 0.05) is 18.1 Å². The van der Waals surface area contributed by atoms with Crippen LogP contribution in [0.2, 0.25) is 0 Å². The molecule has 5 heteroatoms. The van der Waals surface area contributed by atoms with E-state index in [0.29, 0.717) is 5.52 Å². The predicted molar refractivity (Wildman–Crippen MR) is 86.9 cm³/mol. The lowest BCUT2D eigenvalue weighted by atomic mass is 9.98. The highest BCUT2D eigenvalue weighted by Crippen LogP contribution is 2.30. The maximum absolute atomic E-state index is 12.1. The summed E-state index contributed by atoms with van der Waals surface area (Å²) in [6.45, 7) is 6.28. The molecule has 5 nitrogen and oxygen atoms in total. The fraction of sp³-hybridized carbons (Fsp3) is 0.471. The van der Waals surface area contributed by atoms with E-state index in [1.54, 1.807) is 18.3 Å². The molecule has 0 atom stereocenters. The number of benzene rings is 1. The largest absolute Gasteiger partial charge is 0.507 e. The van der Waals surface area contributed by atoms with Crippen molar-refractivity contribution < 1.29 is 14.7 Å². The van der Waals surface area contributed by atoms with Crippen LogP contribution in [0, 0.1) is 5.41 Å². The van der Waals surface area contributed by atoms with Crippen LogP contribution in [0.4, 0.5) is 0 Å². The van der Waals surface area contributed by atoms with Gasteiger partial charge in [-0.25, -0.2) is 4.79 Å². The van der Waals surface area contributed by atoms with Crippen molar-refractivity contribution in [3.8, 4) is 5.75 Å². The molecule has 0 radical (unpaired) electrons. The molecule has 0 saturated carbocycles. The highest BCUT2D eigenvalue weighted by molar-refractivity contribution is 5.90. The van der Waals surface area contributed by atoms with Gasteiger partial charge in [0.05, 0.1) is 10.9 Å². The lowest BCUT2D eigenvalue weighted by Crippen LogP contribution is -2.30. The SMILES string of the molecule is CN(C)CCc1cn(OC(=O)C(C)(C)C)c2cccc(O)c12. The number of likely N-dealkylation sites (N-methyl/N-ethyl adjacent to an activating group) is 1.